The summed E-state index contributed by atoms with van der Waals surface area (Å²) >= 11 is 0. The van der Waals surface area contributed by atoms with E-state index in [1.807, 2.05) is 61.0 Å². The van der Waals surface area contributed by atoms with Gasteiger partial charge in [0.15, 0.2) is 5.82 Å². The monoisotopic (exact) mass is 427 g/mol. The van der Waals surface area contributed by atoms with Gasteiger partial charge in [-0.25, -0.2) is 9.97 Å². The molecule has 3 heterocycles. The maximum absolute atomic E-state index is 12.1. The summed E-state index contributed by atoms with van der Waals surface area (Å²) in [4.78, 5) is 22.9. The lowest BCUT2D eigenvalue weighted by Crippen LogP contribution is -2.39. The lowest BCUT2D eigenvalue weighted by atomic mass is 9.79. The van der Waals surface area contributed by atoms with E-state index < -0.39 is 0 Å². The van der Waals surface area contributed by atoms with E-state index >= 15 is 0 Å². The van der Waals surface area contributed by atoms with E-state index in [9.17, 15) is 4.79 Å². The minimum atomic E-state index is 0.104. The maximum atomic E-state index is 12.1. The molecule has 32 heavy (non-hydrogen) atoms. The molecule has 0 radical (unpaired) electrons. The minimum Gasteiger partial charge on any atom is -0.349 e. The Kier molecular flexibility index (Phi) is 5.05. The van der Waals surface area contributed by atoms with Crippen molar-refractivity contribution in [2.75, 3.05) is 14.1 Å². The number of aryl methyl sites for hydroxylation is 1. The first-order valence-electron chi connectivity index (χ1n) is 10.6. The second-order valence-corrected chi connectivity index (χ2v) is 8.54. The molecule has 8 heteroatoms. The highest BCUT2D eigenvalue weighted by atomic mass is 16.2. The van der Waals surface area contributed by atoms with Crippen molar-refractivity contribution < 1.29 is 4.79 Å². The van der Waals surface area contributed by atoms with Crippen molar-refractivity contribution >= 4 is 5.91 Å². The molecule has 0 spiro atoms. The fourth-order valence-electron chi connectivity index (χ4n) is 4.09. The fourth-order valence-corrected chi connectivity index (χ4v) is 4.09. The molecule has 0 N–H and O–H groups in total. The first-order valence-corrected chi connectivity index (χ1v) is 10.6. The van der Waals surface area contributed by atoms with Crippen LogP contribution in [0.2, 0.25) is 0 Å². The lowest BCUT2D eigenvalue weighted by molar-refractivity contribution is -0.137. The predicted octanol–water partition coefficient (Wildman–Crippen LogP) is 3.45. The molecule has 8 nitrogen and oxygen atoms in total. The Morgan fingerprint density at radius 2 is 1.59 bits per heavy atom. The first-order chi connectivity index (χ1) is 15.5. The molecule has 0 unspecified atom stereocenters. The van der Waals surface area contributed by atoms with Crippen molar-refractivity contribution in [1.29, 1.82) is 0 Å². The molecule has 1 aliphatic rings. The molecular formula is C24H25N7O. The molecule has 0 atom stereocenters. The van der Waals surface area contributed by atoms with Gasteiger partial charge in [-0.2, -0.15) is 10.2 Å². The normalized spacial score (nSPS) is 17.7. The number of benzene rings is 1. The van der Waals surface area contributed by atoms with Crippen LogP contribution in [0.4, 0.5) is 0 Å². The number of aromatic nitrogens is 6. The molecule has 162 valence electrons. The Morgan fingerprint density at radius 3 is 2.28 bits per heavy atom. The van der Waals surface area contributed by atoms with Crippen LogP contribution in [0.15, 0.2) is 61.4 Å². The Balaban J connectivity index is 1.30. The summed E-state index contributed by atoms with van der Waals surface area (Å²) < 4.78 is 3.75. The van der Waals surface area contributed by atoms with Gasteiger partial charge < -0.3 is 4.90 Å². The number of hydrogen-bond acceptors (Lipinski definition) is 5. The van der Waals surface area contributed by atoms with E-state index in [4.69, 9.17) is 0 Å². The second kappa shape index (κ2) is 8.03. The van der Waals surface area contributed by atoms with Crippen LogP contribution in [0.5, 0.6) is 0 Å². The molecule has 3 aromatic heterocycles. The van der Waals surface area contributed by atoms with Crippen LogP contribution in [0.25, 0.3) is 33.6 Å². The van der Waals surface area contributed by atoms with Crippen molar-refractivity contribution in [3.8, 4) is 33.6 Å². The van der Waals surface area contributed by atoms with Gasteiger partial charge in [-0.05, 0) is 24.5 Å². The number of carbonyl (C=O) groups is 1. The van der Waals surface area contributed by atoms with E-state index in [1.54, 1.807) is 23.7 Å². The predicted molar refractivity (Wildman–Crippen MR) is 121 cm³/mol. The van der Waals surface area contributed by atoms with Gasteiger partial charge in [0.05, 0.1) is 18.4 Å². The zero-order valence-corrected chi connectivity index (χ0v) is 18.4. The molecule has 1 saturated carbocycles. The van der Waals surface area contributed by atoms with E-state index in [1.165, 1.54) is 0 Å². The van der Waals surface area contributed by atoms with Crippen LogP contribution in [0.3, 0.4) is 0 Å². The minimum absolute atomic E-state index is 0.104. The van der Waals surface area contributed by atoms with Crippen LogP contribution >= 0.6 is 0 Å². The number of nitrogens with zero attached hydrogens (tertiary/aromatic N) is 7. The highest BCUT2D eigenvalue weighted by Gasteiger charge is 2.36. The third kappa shape index (κ3) is 3.79. The van der Waals surface area contributed by atoms with Crippen LogP contribution in [-0.2, 0) is 11.8 Å². The summed E-state index contributed by atoms with van der Waals surface area (Å²) in [5, 5.41) is 8.75. The van der Waals surface area contributed by atoms with Crippen molar-refractivity contribution in [3.05, 3.63) is 61.4 Å². The van der Waals surface area contributed by atoms with Crippen molar-refractivity contribution in [3.63, 3.8) is 0 Å². The largest absolute Gasteiger partial charge is 0.349 e. The van der Waals surface area contributed by atoms with Crippen molar-refractivity contribution in [2.45, 2.75) is 18.9 Å². The van der Waals surface area contributed by atoms with Gasteiger partial charge >= 0.3 is 0 Å². The van der Waals surface area contributed by atoms with Crippen molar-refractivity contribution in [2.24, 2.45) is 13.0 Å². The molecule has 1 amide bonds. The first kappa shape index (κ1) is 20.1. The average molecular weight is 428 g/mol. The molecule has 1 aromatic carbocycles. The van der Waals surface area contributed by atoms with E-state index in [-0.39, 0.29) is 17.9 Å². The number of carbonyl (C=O) groups excluding carboxylic acids is 1. The van der Waals surface area contributed by atoms with Crippen molar-refractivity contribution in [1.82, 2.24) is 34.4 Å². The Labute approximate surface area is 186 Å². The van der Waals surface area contributed by atoms with Crippen LogP contribution in [0.1, 0.15) is 18.9 Å². The van der Waals surface area contributed by atoms with Crippen LogP contribution in [0, 0.1) is 5.92 Å². The quantitative estimate of drug-likeness (QED) is 0.487. The van der Waals surface area contributed by atoms with Gasteiger partial charge in [-0.15, -0.1) is 0 Å². The van der Waals surface area contributed by atoms with Gasteiger partial charge in [0.1, 0.15) is 0 Å². The molecule has 5 rings (SSSR count). The standard InChI is InChI=1S/C24H25N7O/c1-29(2)24(32)18-8-22(9-18)31-15-21(13-28-31)19-10-25-23(26-11-19)17-6-4-5-16(7-17)20-12-27-30(3)14-20/h4-7,10-15,18,22H,8-9H2,1-3H3. The average Bonchev–Trinajstić information content (AvgIpc) is 3.42. The molecule has 4 aromatic rings. The van der Waals surface area contributed by atoms with Gasteiger partial charge in [-0.1, -0.05) is 18.2 Å². The Bertz CT molecular complexity index is 1250. The smallest absolute Gasteiger partial charge is 0.225 e. The van der Waals surface area contributed by atoms with E-state index in [0.717, 1.165) is 40.7 Å². The van der Waals surface area contributed by atoms with Gasteiger partial charge in [0.25, 0.3) is 0 Å². The summed E-state index contributed by atoms with van der Waals surface area (Å²) in [5.41, 5.74) is 4.99. The van der Waals surface area contributed by atoms with Gasteiger partial charge in [0.2, 0.25) is 5.91 Å². The topological polar surface area (TPSA) is 81.7 Å². The second-order valence-electron chi connectivity index (χ2n) is 8.54. The zero-order valence-electron chi connectivity index (χ0n) is 18.4. The molecule has 1 aliphatic carbocycles. The molecule has 0 aliphatic heterocycles. The molecule has 0 saturated heterocycles. The summed E-state index contributed by atoms with van der Waals surface area (Å²) in [6.07, 6.45) is 13.0. The SMILES string of the molecule is CN(C)C(=O)C1CC(n2cc(-c3cnc(-c4cccc(-c5cnn(C)c5)c4)nc3)cn2)C1. The number of hydrogen-bond donors (Lipinski definition) is 0. The summed E-state index contributed by atoms with van der Waals surface area (Å²) in [6, 6.07) is 8.42. The highest BCUT2D eigenvalue weighted by molar-refractivity contribution is 5.79. The fraction of sp³-hybridized carbons (Fsp3) is 0.292. The molecular weight excluding hydrogens is 402 g/mol. The summed E-state index contributed by atoms with van der Waals surface area (Å²) in [5.74, 6) is 0.980. The third-order valence-electron chi connectivity index (χ3n) is 6.02. The summed E-state index contributed by atoms with van der Waals surface area (Å²) in [6.45, 7) is 0. The van der Waals surface area contributed by atoms with E-state index in [2.05, 4.69) is 32.3 Å². The van der Waals surface area contributed by atoms with Gasteiger partial charge in [0, 0.05) is 74.1 Å². The highest BCUT2D eigenvalue weighted by Crippen LogP contribution is 2.38. The van der Waals surface area contributed by atoms with Crippen LogP contribution in [-0.4, -0.2) is 54.4 Å². The Morgan fingerprint density at radius 1 is 0.906 bits per heavy atom. The summed E-state index contributed by atoms with van der Waals surface area (Å²) in [7, 11) is 5.52. The van der Waals surface area contributed by atoms with Gasteiger partial charge in [-0.3, -0.25) is 14.2 Å². The zero-order chi connectivity index (χ0) is 22.2. The lowest BCUT2D eigenvalue weighted by Gasteiger charge is -2.35. The van der Waals surface area contributed by atoms with Crippen LogP contribution < -0.4 is 0 Å². The number of rotatable bonds is 5. The number of amides is 1. The van der Waals surface area contributed by atoms with E-state index in [0.29, 0.717) is 5.82 Å². The third-order valence-corrected chi connectivity index (χ3v) is 6.02. The molecule has 1 fully saturated rings. The Hall–Kier alpha value is -3.81. The maximum Gasteiger partial charge on any atom is 0.225 e. The molecule has 0 bridgehead atoms.